The lowest BCUT2D eigenvalue weighted by atomic mass is 10.3. The van der Waals surface area contributed by atoms with Crippen molar-refractivity contribution in [2.45, 2.75) is 12.5 Å². The lowest BCUT2D eigenvalue weighted by Crippen LogP contribution is -2.42. The van der Waals surface area contributed by atoms with Crippen molar-refractivity contribution in [3.05, 3.63) is 89.6 Å². The molecule has 0 amide bonds. The molecule has 0 radical (unpaired) electrons. The molecule has 30 heavy (non-hydrogen) atoms. The predicted octanol–water partition coefficient (Wildman–Crippen LogP) is -0.0864. The van der Waals surface area contributed by atoms with Crippen molar-refractivity contribution in [3.8, 4) is 11.5 Å². The Morgan fingerprint density at radius 3 is 1.47 bits per heavy atom. The van der Waals surface area contributed by atoms with Crippen LogP contribution in [0.25, 0.3) is 12.2 Å². The molecule has 3 aromatic rings. The molecule has 0 aliphatic carbocycles. The summed E-state index contributed by atoms with van der Waals surface area (Å²) in [5.41, 5.74) is -0.559. The van der Waals surface area contributed by atoms with Gasteiger partial charge in [0, 0.05) is 14.1 Å². The van der Waals surface area contributed by atoms with Gasteiger partial charge in [-0.3, -0.25) is 14.4 Å². The molecule has 2 atom stereocenters. The Bertz CT molecular complexity index is 1310. The predicted molar refractivity (Wildman–Crippen MR) is 114 cm³/mol. The van der Waals surface area contributed by atoms with Crippen molar-refractivity contribution in [2.24, 2.45) is 0 Å². The fourth-order valence-electron chi connectivity index (χ4n) is 3.86. The first-order valence-corrected chi connectivity index (χ1v) is 9.50. The molecule has 0 spiro atoms. The van der Waals surface area contributed by atoms with Gasteiger partial charge in [0.05, 0.1) is 21.8 Å². The monoisotopic (exact) mass is 402 g/mol. The molecule has 2 aliphatic rings. The summed E-state index contributed by atoms with van der Waals surface area (Å²) >= 11 is 0. The molecule has 2 heterocycles. The Hall–Kier alpha value is -3.87. The highest BCUT2D eigenvalue weighted by molar-refractivity contribution is 5.66. The number of ether oxygens (including phenoxy) is 2. The van der Waals surface area contributed by atoms with E-state index in [1.807, 2.05) is 48.5 Å². The Morgan fingerprint density at radius 2 is 1.07 bits per heavy atom. The Balaban J connectivity index is 1.57. The van der Waals surface area contributed by atoms with Crippen LogP contribution < -0.4 is 46.0 Å². The summed E-state index contributed by atoms with van der Waals surface area (Å²) in [6.45, 7) is 0. The van der Waals surface area contributed by atoms with Crippen LogP contribution in [0.15, 0.2) is 62.9 Å². The van der Waals surface area contributed by atoms with Crippen LogP contribution in [0.4, 0.5) is 11.4 Å². The number of hydrogen-bond donors (Lipinski definition) is 0. The summed E-state index contributed by atoms with van der Waals surface area (Å²) in [4.78, 5) is 41.7. The van der Waals surface area contributed by atoms with Crippen LogP contribution in [-0.4, -0.2) is 26.6 Å². The second-order valence-electron chi connectivity index (χ2n) is 7.32. The van der Waals surface area contributed by atoms with Crippen molar-refractivity contribution < 1.29 is 9.47 Å². The minimum absolute atomic E-state index is 0.172. The van der Waals surface area contributed by atoms with E-state index >= 15 is 0 Å². The van der Waals surface area contributed by atoms with Crippen molar-refractivity contribution in [1.82, 2.24) is 0 Å². The van der Waals surface area contributed by atoms with Gasteiger partial charge in [0.25, 0.3) is 0 Å². The number of nitrogens with zero attached hydrogens (tertiary/aromatic N) is 2. The zero-order valence-electron chi connectivity index (χ0n) is 16.4. The van der Waals surface area contributed by atoms with Gasteiger partial charge in [-0.2, -0.15) is 0 Å². The first-order chi connectivity index (χ1) is 14.5. The van der Waals surface area contributed by atoms with E-state index < -0.39 is 28.7 Å². The van der Waals surface area contributed by atoms with Crippen LogP contribution in [-0.2, 0) is 0 Å². The zero-order valence-corrected chi connectivity index (χ0v) is 16.4. The largest absolute Gasteiger partial charge is 0.465 e. The van der Waals surface area contributed by atoms with E-state index in [0.717, 1.165) is 11.4 Å². The summed E-state index contributed by atoms with van der Waals surface area (Å²) in [7, 11) is 3.60. The molecule has 3 aromatic carbocycles. The van der Waals surface area contributed by atoms with Gasteiger partial charge in [-0.25, -0.2) is 0 Å². The summed E-state index contributed by atoms with van der Waals surface area (Å²) in [5.74, 6) is 1.31. The fraction of sp³-hybridized carbons (Fsp3) is 0.174. The molecule has 0 saturated carbocycles. The molecule has 0 N–H and O–H groups in total. The van der Waals surface area contributed by atoms with Crippen LogP contribution in [0.5, 0.6) is 11.5 Å². The molecule has 7 heteroatoms. The topological polar surface area (TPSA) is 76.2 Å². The molecule has 0 aromatic heterocycles. The highest BCUT2D eigenvalue weighted by Crippen LogP contribution is 2.36. The van der Waals surface area contributed by atoms with Crippen LogP contribution in [0.3, 0.4) is 0 Å². The van der Waals surface area contributed by atoms with Gasteiger partial charge in [0.1, 0.15) is 11.5 Å². The maximum atomic E-state index is 12.9. The zero-order chi connectivity index (χ0) is 21.0. The SMILES string of the molecule is CN1c2ccccc2OC1/C=c1\c(=O)c(=O)/c(=C\C2Oc3ccccc3N2C)c1=O. The quantitative estimate of drug-likeness (QED) is 0.555. The third-order valence-electron chi connectivity index (χ3n) is 5.55. The average Bonchev–Trinajstić information content (AvgIpc) is 3.31. The molecule has 0 saturated heterocycles. The van der Waals surface area contributed by atoms with Crippen LogP contribution in [0.2, 0.25) is 0 Å². The molecular formula is C23H18N2O5. The highest BCUT2D eigenvalue weighted by atomic mass is 16.5. The minimum Gasteiger partial charge on any atom is -0.465 e. The van der Waals surface area contributed by atoms with Crippen molar-refractivity contribution >= 4 is 23.5 Å². The van der Waals surface area contributed by atoms with E-state index in [1.54, 1.807) is 23.9 Å². The molecule has 2 aliphatic heterocycles. The number of benzene rings is 2. The third-order valence-corrected chi connectivity index (χ3v) is 5.55. The lowest BCUT2D eigenvalue weighted by molar-refractivity contribution is 0.294. The van der Waals surface area contributed by atoms with Gasteiger partial charge in [-0.05, 0) is 36.4 Å². The number of fused-ring (bicyclic) bond motifs is 2. The van der Waals surface area contributed by atoms with Gasteiger partial charge in [0.15, 0.2) is 12.5 Å². The number of para-hydroxylation sites is 4. The van der Waals surface area contributed by atoms with Crippen molar-refractivity contribution in [1.29, 1.82) is 0 Å². The summed E-state index contributed by atoms with van der Waals surface area (Å²) in [5, 5.41) is -0.344. The van der Waals surface area contributed by atoms with Gasteiger partial charge in [-0.1, -0.05) is 24.3 Å². The van der Waals surface area contributed by atoms with Gasteiger partial charge < -0.3 is 19.3 Å². The summed E-state index contributed by atoms with van der Waals surface area (Å²) < 4.78 is 11.6. The van der Waals surface area contributed by atoms with E-state index in [9.17, 15) is 14.4 Å². The van der Waals surface area contributed by atoms with E-state index in [0.29, 0.717) is 11.5 Å². The van der Waals surface area contributed by atoms with Crippen molar-refractivity contribution in [3.63, 3.8) is 0 Å². The molecule has 7 nitrogen and oxygen atoms in total. The highest BCUT2D eigenvalue weighted by Gasteiger charge is 2.28. The molecule has 150 valence electrons. The van der Waals surface area contributed by atoms with E-state index in [4.69, 9.17) is 9.47 Å². The van der Waals surface area contributed by atoms with E-state index in [2.05, 4.69) is 0 Å². The Labute approximate surface area is 171 Å². The minimum atomic E-state index is -0.822. The fourth-order valence-corrected chi connectivity index (χ4v) is 3.86. The number of hydrogen-bond acceptors (Lipinski definition) is 7. The van der Waals surface area contributed by atoms with Gasteiger partial charge >= 0.3 is 0 Å². The second kappa shape index (κ2) is 6.59. The molecule has 0 bridgehead atoms. The third kappa shape index (κ3) is 2.62. The Morgan fingerprint density at radius 1 is 0.667 bits per heavy atom. The number of anilines is 2. The molecular weight excluding hydrogens is 384 g/mol. The normalized spacial score (nSPS) is 20.9. The van der Waals surface area contributed by atoms with Crippen LogP contribution in [0.1, 0.15) is 0 Å². The van der Waals surface area contributed by atoms with Crippen molar-refractivity contribution in [2.75, 3.05) is 23.9 Å². The maximum Gasteiger partial charge on any atom is 0.237 e. The summed E-state index contributed by atoms with van der Waals surface area (Å²) in [6, 6.07) is 14.8. The second-order valence-corrected chi connectivity index (χ2v) is 7.32. The van der Waals surface area contributed by atoms with E-state index in [1.165, 1.54) is 12.2 Å². The standard InChI is InChI=1S/C23H18N2O5/c1-24-15-7-3-5-9-17(15)29-19(24)11-13-21(26)14(23(28)22(13)27)12-20-25(2)16-8-4-6-10-18(16)30-20/h3-12,19-20H,1-2H3/b13-11-,14-12-. The lowest BCUT2D eigenvalue weighted by Gasteiger charge is -2.16. The van der Waals surface area contributed by atoms with Crippen LogP contribution >= 0.6 is 0 Å². The van der Waals surface area contributed by atoms with Gasteiger partial charge in [-0.15, -0.1) is 0 Å². The first-order valence-electron chi connectivity index (χ1n) is 9.50. The van der Waals surface area contributed by atoms with E-state index in [-0.39, 0.29) is 10.4 Å². The van der Waals surface area contributed by atoms with Gasteiger partial charge in [0.2, 0.25) is 16.3 Å². The molecule has 2 unspecified atom stereocenters. The number of rotatable bonds is 2. The molecule has 5 rings (SSSR count). The Kier molecular flexibility index (Phi) is 3.99. The van der Waals surface area contributed by atoms with Crippen LogP contribution in [0, 0.1) is 0 Å². The summed E-state index contributed by atoms with van der Waals surface area (Å²) in [6.07, 6.45) is 1.54. The molecule has 0 fully saturated rings. The average molecular weight is 402 g/mol. The first kappa shape index (κ1) is 18.2. The maximum absolute atomic E-state index is 12.9. The smallest absolute Gasteiger partial charge is 0.237 e.